The molecule has 218 valence electrons. The lowest BCUT2D eigenvalue weighted by atomic mass is 10.1. The number of nitrogens with one attached hydrogen (secondary N) is 1. The lowest BCUT2D eigenvalue weighted by Crippen LogP contribution is -2.56. The van der Waals surface area contributed by atoms with Gasteiger partial charge in [0.1, 0.15) is 30.9 Å². The van der Waals surface area contributed by atoms with Gasteiger partial charge in [0.2, 0.25) is 11.9 Å². The van der Waals surface area contributed by atoms with E-state index < -0.39 is 6.61 Å². The number of rotatable bonds is 8. The van der Waals surface area contributed by atoms with E-state index in [0.29, 0.717) is 47.8 Å². The number of likely N-dealkylation sites (tertiary alicyclic amines) is 1. The van der Waals surface area contributed by atoms with Gasteiger partial charge in [0.25, 0.3) is 0 Å². The minimum absolute atomic E-state index is 0.0654. The van der Waals surface area contributed by atoms with Crippen molar-refractivity contribution in [3.05, 3.63) is 54.4 Å². The molecule has 0 aliphatic carbocycles. The number of amides is 1. The molecule has 12 nitrogen and oxygen atoms in total. The minimum Gasteiger partial charge on any atom is -0.487 e. The number of anilines is 3. The molecule has 0 radical (unpaired) electrons. The van der Waals surface area contributed by atoms with Gasteiger partial charge in [-0.25, -0.2) is 9.97 Å². The first-order valence-corrected chi connectivity index (χ1v) is 14.2. The molecule has 3 fully saturated rings. The Morgan fingerprint density at radius 3 is 2.60 bits per heavy atom. The summed E-state index contributed by atoms with van der Waals surface area (Å²) in [6.07, 6.45) is 1.17. The van der Waals surface area contributed by atoms with E-state index in [1.165, 1.54) is 12.0 Å². The molecule has 1 amide bonds. The molecule has 0 bridgehead atoms. The molecule has 3 aliphatic rings. The second-order valence-corrected chi connectivity index (χ2v) is 10.9. The summed E-state index contributed by atoms with van der Waals surface area (Å²) in [7, 11) is 0. The first kappa shape index (κ1) is 27.8. The molecule has 2 N–H and O–H groups in total. The highest BCUT2D eigenvalue weighted by molar-refractivity contribution is 5.77. The number of nitrogens with zero attached hydrogens (tertiary/aromatic N) is 7. The van der Waals surface area contributed by atoms with Crippen LogP contribution in [0.4, 0.5) is 17.3 Å². The van der Waals surface area contributed by atoms with Gasteiger partial charge in [0.05, 0.1) is 31.4 Å². The summed E-state index contributed by atoms with van der Waals surface area (Å²) < 4.78 is 11.5. The number of aliphatic hydroxyl groups excluding tert-OH is 1. The van der Waals surface area contributed by atoms with E-state index >= 15 is 0 Å². The van der Waals surface area contributed by atoms with Gasteiger partial charge in [-0.1, -0.05) is 6.92 Å². The average molecular weight is 571 g/mol. The molecule has 3 saturated heterocycles. The minimum atomic E-state index is -0.527. The normalized spacial score (nSPS) is 21.1. The number of aromatic nitrogens is 3. The molecule has 0 spiro atoms. The zero-order chi connectivity index (χ0) is 29.1. The Kier molecular flexibility index (Phi) is 8.14. The zero-order valence-electron chi connectivity index (χ0n) is 23.5. The van der Waals surface area contributed by atoms with Crippen LogP contribution in [0.5, 0.6) is 5.75 Å². The summed E-state index contributed by atoms with van der Waals surface area (Å²) in [6, 6.07) is 16.3. The lowest BCUT2D eigenvalue weighted by molar-refractivity contribution is -0.133. The Labute approximate surface area is 244 Å². The second-order valence-electron chi connectivity index (χ2n) is 10.9. The quantitative estimate of drug-likeness (QED) is 0.410. The van der Waals surface area contributed by atoms with Crippen molar-refractivity contribution in [1.29, 1.82) is 5.26 Å². The molecule has 6 rings (SSSR count). The fraction of sp³-hybridized carbons (Fsp3) is 0.433. The van der Waals surface area contributed by atoms with Crippen molar-refractivity contribution in [3.8, 4) is 23.2 Å². The maximum absolute atomic E-state index is 11.9. The van der Waals surface area contributed by atoms with Gasteiger partial charge in [-0.2, -0.15) is 10.2 Å². The van der Waals surface area contributed by atoms with Crippen LogP contribution in [0.2, 0.25) is 0 Å². The number of carbonyl (C=O) groups is 1. The molecular weight excluding hydrogens is 536 g/mol. The van der Waals surface area contributed by atoms with Gasteiger partial charge in [0, 0.05) is 55.6 Å². The third kappa shape index (κ3) is 5.99. The molecule has 0 saturated carbocycles. The number of ether oxygens (including phenoxy) is 2. The fourth-order valence-corrected chi connectivity index (χ4v) is 5.58. The van der Waals surface area contributed by atoms with Gasteiger partial charge in [-0.3, -0.25) is 9.69 Å². The average Bonchev–Trinajstić information content (AvgIpc) is 3.36. The second kappa shape index (κ2) is 12.3. The highest BCUT2D eigenvalue weighted by Crippen LogP contribution is 2.29. The Balaban J connectivity index is 1.09. The molecule has 2 atom stereocenters. The molecule has 12 heteroatoms. The van der Waals surface area contributed by atoms with Crippen LogP contribution in [0.3, 0.4) is 0 Å². The van der Waals surface area contributed by atoms with E-state index in [2.05, 4.69) is 48.3 Å². The van der Waals surface area contributed by atoms with Crippen molar-refractivity contribution in [2.24, 2.45) is 5.92 Å². The van der Waals surface area contributed by atoms with Crippen molar-refractivity contribution in [2.45, 2.75) is 19.1 Å². The van der Waals surface area contributed by atoms with Crippen LogP contribution in [0.1, 0.15) is 12.5 Å². The summed E-state index contributed by atoms with van der Waals surface area (Å²) in [4.78, 5) is 31.5. The first-order chi connectivity index (χ1) is 20.5. The van der Waals surface area contributed by atoms with Crippen LogP contribution in [0.15, 0.2) is 48.8 Å². The first-order valence-electron chi connectivity index (χ1n) is 14.2. The fourth-order valence-electron chi connectivity index (χ4n) is 5.58. The van der Waals surface area contributed by atoms with E-state index in [9.17, 15) is 10.1 Å². The predicted octanol–water partition coefficient (Wildman–Crippen LogP) is 1.89. The third-order valence-corrected chi connectivity index (χ3v) is 8.18. The third-order valence-electron chi connectivity index (χ3n) is 8.18. The lowest BCUT2D eigenvalue weighted by Gasteiger charge is -2.43. The molecular formula is C30H34N8O4. The number of hydrogen-bond donors (Lipinski definition) is 2. The van der Waals surface area contributed by atoms with Crippen LogP contribution in [0, 0.1) is 17.2 Å². The monoisotopic (exact) mass is 570 g/mol. The van der Waals surface area contributed by atoms with E-state index in [1.54, 1.807) is 23.1 Å². The zero-order valence-corrected chi connectivity index (χ0v) is 23.5. The highest BCUT2D eigenvalue weighted by Gasteiger charge is 2.34. The van der Waals surface area contributed by atoms with Crippen molar-refractivity contribution in [2.75, 3.05) is 69.3 Å². The number of carbonyl (C=O) groups excluding carboxylic acids is 1. The maximum Gasteiger partial charge on any atom is 0.248 e. The molecule has 4 heterocycles. The molecule has 3 aliphatic heterocycles. The molecule has 42 heavy (non-hydrogen) atoms. The van der Waals surface area contributed by atoms with Gasteiger partial charge < -0.3 is 29.7 Å². The van der Waals surface area contributed by atoms with E-state index in [0.717, 1.165) is 45.1 Å². The molecule has 2 aromatic carbocycles. The van der Waals surface area contributed by atoms with Crippen LogP contribution in [0.25, 0.3) is 11.4 Å². The van der Waals surface area contributed by atoms with Crippen LogP contribution < -0.4 is 15.0 Å². The summed E-state index contributed by atoms with van der Waals surface area (Å²) in [5.41, 5.74) is 3.05. The van der Waals surface area contributed by atoms with E-state index in [4.69, 9.17) is 14.6 Å². The van der Waals surface area contributed by atoms with Crippen molar-refractivity contribution < 1.29 is 19.4 Å². The standard InChI is InChI=1S/C30H34N8O4/c1-20-14-38(28(40)16-39)15-27(20)42-26-7-2-21(12-22(26)13-31)29-32-19-33-30(35-29)34-23-3-5-24(6-4-23)36-8-10-37(11-9-36)25-17-41-18-25/h2-7,12,19-20,25,27,39H,8-11,14-18H2,1H3,(H,32,33,34,35)/t20-,27?/m1/s1. The molecule has 1 aromatic heterocycles. The highest BCUT2D eigenvalue weighted by atomic mass is 16.5. The maximum atomic E-state index is 11.9. The largest absolute Gasteiger partial charge is 0.487 e. The van der Waals surface area contributed by atoms with E-state index in [1.807, 2.05) is 19.1 Å². The summed E-state index contributed by atoms with van der Waals surface area (Å²) in [5.74, 6) is 0.998. The Morgan fingerprint density at radius 1 is 1.12 bits per heavy atom. The SMILES string of the molecule is C[C@@H]1CN(C(=O)CO)CC1Oc1ccc(-c2ncnc(Nc3ccc(N4CCN(C5COC5)CC4)cc3)n2)cc1C#N. The number of piperazine rings is 1. The van der Waals surface area contributed by atoms with Gasteiger partial charge >= 0.3 is 0 Å². The van der Waals surface area contributed by atoms with Gasteiger partial charge in [-0.15, -0.1) is 0 Å². The van der Waals surface area contributed by atoms with Crippen molar-refractivity contribution in [1.82, 2.24) is 24.8 Å². The topological polar surface area (TPSA) is 140 Å². The van der Waals surface area contributed by atoms with E-state index in [-0.39, 0.29) is 17.9 Å². The predicted molar refractivity (Wildman–Crippen MR) is 155 cm³/mol. The smallest absolute Gasteiger partial charge is 0.248 e. The summed E-state index contributed by atoms with van der Waals surface area (Å²) in [5, 5.41) is 22.2. The Hall–Kier alpha value is -4.31. The number of nitriles is 1. The molecule has 3 aromatic rings. The number of benzene rings is 2. The Bertz CT molecular complexity index is 1450. The molecule has 1 unspecified atom stereocenters. The van der Waals surface area contributed by atoms with Crippen molar-refractivity contribution >= 4 is 23.2 Å². The van der Waals surface area contributed by atoms with Gasteiger partial charge in [0.15, 0.2) is 5.82 Å². The van der Waals surface area contributed by atoms with Crippen LogP contribution >= 0.6 is 0 Å². The van der Waals surface area contributed by atoms with Crippen LogP contribution in [-0.4, -0.2) is 107 Å². The number of hydrogen-bond acceptors (Lipinski definition) is 11. The Morgan fingerprint density at radius 2 is 1.90 bits per heavy atom. The number of aliphatic hydroxyl groups is 1. The van der Waals surface area contributed by atoms with Gasteiger partial charge in [-0.05, 0) is 42.5 Å². The summed E-state index contributed by atoms with van der Waals surface area (Å²) >= 11 is 0. The van der Waals surface area contributed by atoms with Crippen molar-refractivity contribution in [3.63, 3.8) is 0 Å². The summed E-state index contributed by atoms with van der Waals surface area (Å²) in [6.45, 7) is 8.12. The van der Waals surface area contributed by atoms with Crippen LogP contribution in [-0.2, 0) is 9.53 Å².